The van der Waals surface area contributed by atoms with Crippen molar-refractivity contribution in [1.82, 2.24) is 14.9 Å². The molecule has 0 N–H and O–H groups in total. The monoisotopic (exact) mass is 372 g/mol. The van der Waals surface area contributed by atoms with Gasteiger partial charge in [0.25, 0.3) is 0 Å². The van der Waals surface area contributed by atoms with Gasteiger partial charge in [0.2, 0.25) is 5.91 Å². The van der Waals surface area contributed by atoms with Crippen LogP contribution in [0.3, 0.4) is 0 Å². The van der Waals surface area contributed by atoms with Crippen molar-refractivity contribution in [2.75, 3.05) is 31.1 Å². The van der Waals surface area contributed by atoms with Gasteiger partial charge in [-0.05, 0) is 31.9 Å². The molecule has 0 spiro atoms. The van der Waals surface area contributed by atoms with Crippen molar-refractivity contribution in [3.05, 3.63) is 34.4 Å². The molecule has 0 unspecified atom stereocenters. The Morgan fingerprint density at radius 2 is 2.19 bits per heavy atom. The van der Waals surface area contributed by atoms with E-state index in [1.807, 2.05) is 35.5 Å². The van der Waals surface area contributed by atoms with Gasteiger partial charge in [-0.2, -0.15) is 0 Å². The Morgan fingerprint density at radius 1 is 1.35 bits per heavy atom. The second-order valence-corrected chi connectivity index (χ2v) is 7.98. The van der Waals surface area contributed by atoms with E-state index >= 15 is 0 Å². The van der Waals surface area contributed by atoms with Gasteiger partial charge in [0.1, 0.15) is 6.10 Å². The maximum Gasteiger partial charge on any atom is 0.228 e. The summed E-state index contributed by atoms with van der Waals surface area (Å²) in [6.45, 7) is 5.41. The van der Waals surface area contributed by atoms with Crippen molar-refractivity contribution in [2.24, 2.45) is 0 Å². The second kappa shape index (κ2) is 7.61. The molecule has 138 valence electrons. The average Bonchev–Trinajstić information content (AvgIpc) is 3.38. The number of amides is 1. The molecule has 4 heterocycles. The highest BCUT2D eigenvalue weighted by molar-refractivity contribution is 7.09. The van der Waals surface area contributed by atoms with E-state index in [0.717, 1.165) is 48.3 Å². The molecule has 0 aromatic carbocycles. The van der Waals surface area contributed by atoms with Crippen LogP contribution in [-0.4, -0.2) is 53.1 Å². The highest BCUT2D eigenvalue weighted by atomic mass is 32.1. The molecule has 7 heteroatoms. The van der Waals surface area contributed by atoms with E-state index in [2.05, 4.69) is 14.9 Å². The highest BCUT2D eigenvalue weighted by Gasteiger charge is 2.29. The number of nitrogens with zero attached hydrogens (tertiary/aromatic N) is 4. The molecule has 4 rings (SSSR count). The molecule has 1 atom stereocenters. The van der Waals surface area contributed by atoms with Crippen LogP contribution >= 0.6 is 11.3 Å². The second-order valence-electron chi connectivity index (χ2n) is 6.92. The Hall–Kier alpha value is -2.15. The minimum atomic E-state index is 0.0293. The number of aryl methyl sites for hydroxylation is 1. The van der Waals surface area contributed by atoms with Gasteiger partial charge in [0.15, 0.2) is 11.6 Å². The number of thiazole rings is 1. The lowest BCUT2D eigenvalue weighted by atomic mass is 10.3. The van der Waals surface area contributed by atoms with Crippen LogP contribution in [0.1, 0.15) is 30.0 Å². The van der Waals surface area contributed by atoms with E-state index in [0.29, 0.717) is 13.0 Å². The number of ether oxygens (including phenoxy) is 1. The SMILES string of the molecule is Cc1nc(CC(=O)N2CC[C@H](Oc3cccnc3N3CCCC3)C2)cs1. The molecule has 2 aliphatic heterocycles. The summed E-state index contributed by atoms with van der Waals surface area (Å²) in [4.78, 5) is 25.6. The van der Waals surface area contributed by atoms with Crippen molar-refractivity contribution in [1.29, 1.82) is 0 Å². The topological polar surface area (TPSA) is 58.6 Å². The molecule has 2 saturated heterocycles. The molecule has 1 amide bonds. The van der Waals surface area contributed by atoms with Gasteiger partial charge in [-0.15, -0.1) is 11.3 Å². The van der Waals surface area contributed by atoms with Crippen molar-refractivity contribution in [3.8, 4) is 5.75 Å². The van der Waals surface area contributed by atoms with Gasteiger partial charge < -0.3 is 14.5 Å². The van der Waals surface area contributed by atoms with Crippen LogP contribution in [0.2, 0.25) is 0 Å². The predicted octanol–water partition coefficient (Wildman–Crippen LogP) is 2.67. The van der Waals surface area contributed by atoms with E-state index in [1.165, 1.54) is 12.8 Å². The summed E-state index contributed by atoms with van der Waals surface area (Å²) in [6.07, 6.45) is 5.50. The fraction of sp³-hybridized carbons (Fsp3) is 0.526. The molecule has 2 aromatic heterocycles. The third-order valence-electron chi connectivity index (χ3n) is 4.95. The van der Waals surface area contributed by atoms with Crippen molar-refractivity contribution in [3.63, 3.8) is 0 Å². The Bertz CT molecular complexity index is 772. The number of carbonyl (C=O) groups excluding carboxylic acids is 1. The number of rotatable bonds is 5. The first-order valence-corrected chi connectivity index (χ1v) is 10.1. The molecule has 0 radical (unpaired) electrons. The molecular weight excluding hydrogens is 348 g/mol. The zero-order valence-electron chi connectivity index (χ0n) is 15.1. The molecule has 26 heavy (non-hydrogen) atoms. The number of aromatic nitrogens is 2. The summed E-state index contributed by atoms with van der Waals surface area (Å²) in [5, 5.41) is 2.97. The Balaban J connectivity index is 1.36. The fourth-order valence-corrected chi connectivity index (χ4v) is 4.24. The Kier molecular flexibility index (Phi) is 5.06. The predicted molar refractivity (Wildman–Crippen MR) is 102 cm³/mol. The first kappa shape index (κ1) is 17.3. The molecule has 2 aliphatic rings. The highest BCUT2D eigenvalue weighted by Crippen LogP contribution is 2.30. The summed E-state index contributed by atoms with van der Waals surface area (Å²) in [6, 6.07) is 3.90. The Morgan fingerprint density at radius 3 is 2.96 bits per heavy atom. The van der Waals surface area contributed by atoms with Crippen LogP contribution in [0.15, 0.2) is 23.7 Å². The summed E-state index contributed by atoms with van der Waals surface area (Å²) in [5.41, 5.74) is 0.866. The van der Waals surface area contributed by atoms with Gasteiger partial charge in [0, 0.05) is 37.6 Å². The van der Waals surface area contributed by atoms with Crippen LogP contribution in [-0.2, 0) is 11.2 Å². The van der Waals surface area contributed by atoms with E-state index in [1.54, 1.807) is 11.3 Å². The van der Waals surface area contributed by atoms with Gasteiger partial charge in [0.05, 0.1) is 23.7 Å². The van der Waals surface area contributed by atoms with Gasteiger partial charge in [-0.25, -0.2) is 9.97 Å². The van der Waals surface area contributed by atoms with Crippen LogP contribution in [0.5, 0.6) is 5.75 Å². The maximum atomic E-state index is 12.5. The standard InChI is InChI=1S/C19H24N4O2S/c1-14-21-15(13-26-14)11-18(24)23-10-6-16(12-23)25-17-5-4-7-20-19(17)22-8-2-3-9-22/h4-5,7,13,16H,2-3,6,8-12H2,1H3/t16-/m0/s1. The number of hydrogen-bond acceptors (Lipinski definition) is 6. The minimum absolute atomic E-state index is 0.0293. The zero-order chi connectivity index (χ0) is 17.9. The van der Waals surface area contributed by atoms with Gasteiger partial charge in [-0.1, -0.05) is 0 Å². The van der Waals surface area contributed by atoms with Gasteiger partial charge in [-0.3, -0.25) is 4.79 Å². The first-order valence-electron chi connectivity index (χ1n) is 9.24. The average molecular weight is 372 g/mol. The summed E-state index contributed by atoms with van der Waals surface area (Å²) >= 11 is 1.59. The molecule has 2 fully saturated rings. The van der Waals surface area contributed by atoms with Crippen LogP contribution < -0.4 is 9.64 Å². The Labute approximate surface area is 157 Å². The molecule has 0 saturated carbocycles. The first-order chi connectivity index (χ1) is 12.7. The number of anilines is 1. The van der Waals surface area contributed by atoms with E-state index < -0.39 is 0 Å². The van der Waals surface area contributed by atoms with Gasteiger partial charge >= 0.3 is 0 Å². The molecule has 0 bridgehead atoms. The fourth-order valence-electron chi connectivity index (χ4n) is 3.63. The molecule has 6 nitrogen and oxygen atoms in total. The van der Waals surface area contributed by atoms with Crippen LogP contribution in [0.4, 0.5) is 5.82 Å². The smallest absolute Gasteiger partial charge is 0.228 e. The quantitative estimate of drug-likeness (QED) is 0.808. The maximum absolute atomic E-state index is 12.5. The molecular formula is C19H24N4O2S. The largest absolute Gasteiger partial charge is 0.485 e. The lowest BCUT2D eigenvalue weighted by Gasteiger charge is -2.22. The normalized spacial score (nSPS) is 20.0. The molecule has 2 aromatic rings. The lowest BCUT2D eigenvalue weighted by Crippen LogP contribution is -2.32. The number of carbonyl (C=O) groups is 1. The number of pyridine rings is 1. The summed E-state index contributed by atoms with van der Waals surface area (Å²) in [5.74, 6) is 1.91. The zero-order valence-corrected chi connectivity index (χ0v) is 15.9. The molecule has 0 aliphatic carbocycles. The van der Waals surface area contributed by atoms with Crippen LogP contribution in [0, 0.1) is 6.92 Å². The van der Waals surface area contributed by atoms with Crippen molar-refractivity contribution >= 4 is 23.1 Å². The van der Waals surface area contributed by atoms with Crippen molar-refractivity contribution < 1.29 is 9.53 Å². The van der Waals surface area contributed by atoms with E-state index in [4.69, 9.17) is 4.74 Å². The van der Waals surface area contributed by atoms with E-state index in [9.17, 15) is 4.79 Å². The third kappa shape index (κ3) is 3.82. The van der Waals surface area contributed by atoms with Crippen LogP contribution in [0.25, 0.3) is 0 Å². The lowest BCUT2D eigenvalue weighted by molar-refractivity contribution is -0.129. The number of hydrogen-bond donors (Lipinski definition) is 0. The van der Waals surface area contributed by atoms with E-state index in [-0.39, 0.29) is 12.0 Å². The third-order valence-corrected chi connectivity index (χ3v) is 5.77. The summed E-state index contributed by atoms with van der Waals surface area (Å²) < 4.78 is 6.24. The van der Waals surface area contributed by atoms with Crippen molar-refractivity contribution in [2.45, 2.75) is 38.7 Å². The number of likely N-dealkylation sites (tertiary alicyclic amines) is 1. The minimum Gasteiger partial charge on any atom is -0.485 e. The summed E-state index contributed by atoms with van der Waals surface area (Å²) in [7, 11) is 0.